The predicted octanol–water partition coefficient (Wildman–Crippen LogP) is 3.53. The van der Waals surface area contributed by atoms with Crippen LogP contribution in [-0.4, -0.2) is 46.5 Å². The zero-order valence-electron chi connectivity index (χ0n) is 19.9. The molecule has 1 saturated heterocycles. The van der Waals surface area contributed by atoms with Gasteiger partial charge in [-0.3, -0.25) is 24.7 Å². The molecule has 0 aliphatic carbocycles. The van der Waals surface area contributed by atoms with Crippen LogP contribution in [0.25, 0.3) is 0 Å². The zero-order chi connectivity index (χ0) is 26.4. The quantitative estimate of drug-likeness (QED) is 0.318. The smallest absolute Gasteiger partial charge is 0.338 e. The van der Waals surface area contributed by atoms with Crippen LogP contribution >= 0.6 is 23.6 Å². The van der Waals surface area contributed by atoms with E-state index in [9.17, 15) is 19.2 Å². The number of nitrogens with one attached hydrogen (secondary N) is 2. The number of carbonyl (C=O) groups is 4. The number of benzene rings is 2. The number of hydrogen-bond donors (Lipinski definition) is 2. The lowest BCUT2D eigenvalue weighted by molar-refractivity contribution is -0.128. The molecule has 1 atom stereocenters. The first-order valence-electron chi connectivity index (χ1n) is 11.5. The fourth-order valence-corrected chi connectivity index (χ4v) is 4.82. The maximum atomic E-state index is 13.4. The number of thiocarbonyl (C=S) groups is 1. The summed E-state index contributed by atoms with van der Waals surface area (Å²) in [5.74, 6) is -1.70. The normalized spacial score (nSPS) is 15.0. The topological polar surface area (TPSA) is 108 Å². The van der Waals surface area contributed by atoms with E-state index in [0.717, 1.165) is 4.88 Å². The number of esters is 1. The summed E-state index contributed by atoms with van der Waals surface area (Å²) < 4.78 is 4.96. The monoisotopic (exact) mass is 536 g/mol. The molecule has 37 heavy (non-hydrogen) atoms. The number of anilines is 2. The molecule has 0 saturated carbocycles. The molecule has 2 N–H and O–H groups in total. The van der Waals surface area contributed by atoms with E-state index in [1.165, 1.54) is 33.4 Å². The van der Waals surface area contributed by atoms with Gasteiger partial charge >= 0.3 is 5.97 Å². The number of amides is 3. The van der Waals surface area contributed by atoms with E-state index in [2.05, 4.69) is 10.7 Å². The second-order valence-electron chi connectivity index (χ2n) is 8.02. The summed E-state index contributed by atoms with van der Waals surface area (Å²) in [4.78, 5) is 53.1. The molecule has 190 valence electrons. The Labute approximate surface area is 223 Å². The molecule has 9 nitrogen and oxygen atoms in total. The highest BCUT2D eigenvalue weighted by Crippen LogP contribution is 2.26. The number of hydrogen-bond acceptors (Lipinski definition) is 7. The lowest BCUT2D eigenvalue weighted by Gasteiger charge is -2.24. The van der Waals surface area contributed by atoms with Gasteiger partial charge in [0, 0.05) is 10.6 Å². The van der Waals surface area contributed by atoms with E-state index < -0.39 is 23.8 Å². The van der Waals surface area contributed by atoms with Crippen molar-refractivity contribution in [1.82, 2.24) is 10.4 Å². The minimum absolute atomic E-state index is 0.0762. The lowest BCUT2D eigenvalue weighted by atomic mass is 10.1. The summed E-state index contributed by atoms with van der Waals surface area (Å²) in [5.41, 5.74) is 4.05. The molecule has 1 aromatic heterocycles. The van der Waals surface area contributed by atoms with Crippen molar-refractivity contribution in [3.63, 3.8) is 0 Å². The van der Waals surface area contributed by atoms with Gasteiger partial charge < -0.3 is 10.1 Å². The first-order valence-corrected chi connectivity index (χ1v) is 12.8. The van der Waals surface area contributed by atoms with Gasteiger partial charge in [0.05, 0.1) is 30.7 Å². The van der Waals surface area contributed by atoms with Gasteiger partial charge in [-0.1, -0.05) is 24.3 Å². The molecule has 0 unspecified atom stereocenters. The van der Waals surface area contributed by atoms with Crippen LogP contribution in [0.15, 0.2) is 72.1 Å². The summed E-state index contributed by atoms with van der Waals surface area (Å²) in [7, 11) is 0. The minimum Gasteiger partial charge on any atom is -0.462 e. The largest absolute Gasteiger partial charge is 0.462 e. The van der Waals surface area contributed by atoms with Crippen molar-refractivity contribution in [2.45, 2.75) is 25.8 Å². The number of nitrogens with zero attached hydrogens (tertiary/aromatic N) is 2. The molecule has 3 aromatic rings. The highest BCUT2D eigenvalue weighted by molar-refractivity contribution is 7.80. The molecule has 1 aliphatic rings. The van der Waals surface area contributed by atoms with Crippen molar-refractivity contribution in [2.24, 2.45) is 0 Å². The second-order valence-corrected chi connectivity index (χ2v) is 9.42. The van der Waals surface area contributed by atoms with Gasteiger partial charge in [0.15, 0.2) is 0 Å². The third-order valence-electron chi connectivity index (χ3n) is 5.45. The molecule has 0 spiro atoms. The molecule has 1 aliphatic heterocycles. The van der Waals surface area contributed by atoms with Crippen LogP contribution in [0.3, 0.4) is 0 Å². The Morgan fingerprint density at radius 1 is 1.00 bits per heavy atom. The summed E-state index contributed by atoms with van der Waals surface area (Å²) >= 11 is 6.99. The van der Waals surface area contributed by atoms with Gasteiger partial charge in [0.25, 0.3) is 5.91 Å². The van der Waals surface area contributed by atoms with Crippen molar-refractivity contribution < 1.29 is 23.9 Å². The van der Waals surface area contributed by atoms with Gasteiger partial charge in [-0.05, 0) is 67.0 Å². The standard InChI is InChI=1S/C26H24N4O5S2/c1-2-35-25(34)17-10-12-18(13-11-17)27-22(31)16-21-24(33)29(19-7-4-3-5-8-19)26(36)30(21)28-23(32)15-20-9-6-14-37-20/h3-14,21H,2,15-16H2,1H3,(H,27,31)(H,28,32)/t21-/m1/s1. The van der Waals surface area contributed by atoms with E-state index in [0.29, 0.717) is 16.9 Å². The summed E-state index contributed by atoms with van der Waals surface area (Å²) in [5, 5.41) is 5.95. The van der Waals surface area contributed by atoms with Crippen molar-refractivity contribution in [3.05, 3.63) is 82.6 Å². The van der Waals surface area contributed by atoms with E-state index in [4.69, 9.17) is 17.0 Å². The van der Waals surface area contributed by atoms with Crippen LogP contribution in [0.5, 0.6) is 0 Å². The van der Waals surface area contributed by atoms with E-state index in [-0.39, 0.29) is 30.5 Å². The third kappa shape index (κ3) is 6.19. The molecular weight excluding hydrogens is 512 g/mol. The Kier molecular flexibility index (Phi) is 8.26. The fraction of sp³-hybridized carbons (Fsp3) is 0.192. The van der Waals surface area contributed by atoms with Crippen LogP contribution in [0.2, 0.25) is 0 Å². The van der Waals surface area contributed by atoms with Gasteiger partial charge in [-0.2, -0.15) is 0 Å². The van der Waals surface area contributed by atoms with Crippen LogP contribution in [0.1, 0.15) is 28.6 Å². The van der Waals surface area contributed by atoms with Crippen LogP contribution < -0.4 is 15.6 Å². The maximum absolute atomic E-state index is 13.4. The molecule has 4 rings (SSSR count). The van der Waals surface area contributed by atoms with Crippen molar-refractivity contribution in [2.75, 3.05) is 16.8 Å². The van der Waals surface area contributed by atoms with Gasteiger partial charge in [-0.25, -0.2) is 9.80 Å². The second kappa shape index (κ2) is 11.8. The molecule has 2 aromatic carbocycles. The molecule has 1 fully saturated rings. The van der Waals surface area contributed by atoms with Crippen LogP contribution in [-0.2, 0) is 25.5 Å². The van der Waals surface area contributed by atoms with E-state index in [1.54, 1.807) is 43.3 Å². The maximum Gasteiger partial charge on any atom is 0.338 e. The molecule has 0 bridgehead atoms. The zero-order valence-corrected chi connectivity index (χ0v) is 21.5. The average molecular weight is 537 g/mol. The summed E-state index contributed by atoms with van der Waals surface area (Å²) in [6, 6.07) is 17.7. The number of hydrazine groups is 1. The highest BCUT2D eigenvalue weighted by atomic mass is 32.1. The number of thiophene rings is 1. The molecular formula is C26H24N4O5S2. The van der Waals surface area contributed by atoms with Crippen molar-refractivity contribution >= 4 is 63.7 Å². The Morgan fingerprint density at radius 3 is 2.38 bits per heavy atom. The number of ether oxygens (including phenoxy) is 1. The van der Waals surface area contributed by atoms with Crippen molar-refractivity contribution in [3.8, 4) is 0 Å². The number of rotatable bonds is 9. The van der Waals surface area contributed by atoms with Gasteiger partial charge in [-0.15, -0.1) is 11.3 Å². The molecule has 3 amide bonds. The first kappa shape index (κ1) is 26.0. The minimum atomic E-state index is -1.04. The summed E-state index contributed by atoms with van der Waals surface area (Å²) in [6.07, 6.45) is -0.150. The van der Waals surface area contributed by atoms with E-state index in [1.807, 2.05) is 23.6 Å². The highest BCUT2D eigenvalue weighted by Gasteiger charge is 2.45. The van der Waals surface area contributed by atoms with Gasteiger partial charge in [0.1, 0.15) is 6.04 Å². The first-order chi connectivity index (χ1) is 17.9. The van der Waals surface area contributed by atoms with E-state index >= 15 is 0 Å². The molecule has 2 heterocycles. The Balaban J connectivity index is 1.49. The third-order valence-corrected chi connectivity index (χ3v) is 6.70. The summed E-state index contributed by atoms with van der Waals surface area (Å²) in [6.45, 7) is 1.98. The lowest BCUT2D eigenvalue weighted by Crippen LogP contribution is -2.50. The predicted molar refractivity (Wildman–Crippen MR) is 144 cm³/mol. The Bertz CT molecular complexity index is 1300. The Hall–Kier alpha value is -4.09. The van der Waals surface area contributed by atoms with Crippen LogP contribution in [0.4, 0.5) is 11.4 Å². The Morgan fingerprint density at radius 2 is 1.73 bits per heavy atom. The van der Waals surface area contributed by atoms with Crippen LogP contribution in [0, 0.1) is 0 Å². The molecule has 11 heteroatoms. The van der Waals surface area contributed by atoms with Gasteiger partial charge in [0.2, 0.25) is 16.9 Å². The number of carbonyl (C=O) groups excluding carboxylic acids is 4. The molecule has 0 radical (unpaired) electrons. The SMILES string of the molecule is CCOC(=O)c1ccc(NC(=O)C[C@@H]2C(=O)N(c3ccccc3)C(=S)N2NC(=O)Cc2cccs2)cc1. The van der Waals surface area contributed by atoms with Crippen molar-refractivity contribution in [1.29, 1.82) is 0 Å². The fourth-order valence-electron chi connectivity index (χ4n) is 3.75. The number of para-hydroxylation sites is 1. The average Bonchev–Trinajstić information content (AvgIpc) is 3.47.